The summed E-state index contributed by atoms with van der Waals surface area (Å²) in [6.45, 7) is 5.97. The topological polar surface area (TPSA) is 17.1 Å². The number of allylic oxidation sites excluding steroid dienone is 1. The highest BCUT2D eigenvalue weighted by Gasteiger charge is 2.24. The maximum absolute atomic E-state index is 11.6. The fraction of sp³-hybridized carbons (Fsp3) is 0.250. The highest BCUT2D eigenvalue weighted by molar-refractivity contribution is 6.12. The molecular weight excluding hydrogens is 160 g/mol. The maximum atomic E-state index is 11.6. The zero-order chi connectivity index (χ0) is 9.42. The lowest BCUT2D eigenvalue weighted by Crippen LogP contribution is -1.97. The molecule has 0 fully saturated rings. The molecule has 66 valence electrons. The fourth-order valence-corrected chi connectivity index (χ4v) is 1.90. The van der Waals surface area contributed by atoms with Crippen LogP contribution in [0.2, 0.25) is 0 Å². The Morgan fingerprint density at radius 3 is 2.92 bits per heavy atom. The summed E-state index contributed by atoms with van der Waals surface area (Å²) in [5, 5.41) is 0. The summed E-state index contributed by atoms with van der Waals surface area (Å²) in [7, 11) is 0. The Balaban J connectivity index is 2.69. The molecule has 1 aliphatic rings. The predicted molar refractivity (Wildman–Crippen MR) is 53.8 cm³/mol. The molecule has 0 spiro atoms. The van der Waals surface area contributed by atoms with E-state index in [1.54, 1.807) is 0 Å². The summed E-state index contributed by atoms with van der Waals surface area (Å²) in [5.41, 5.74) is 4.09. The molecule has 0 bridgehead atoms. The van der Waals surface area contributed by atoms with Gasteiger partial charge in [0.15, 0.2) is 5.78 Å². The number of carbonyl (C=O) groups is 1. The lowest BCUT2D eigenvalue weighted by molar-refractivity contribution is 0.100. The van der Waals surface area contributed by atoms with Crippen LogP contribution in [0.5, 0.6) is 0 Å². The molecule has 0 aromatic heterocycles. The van der Waals surface area contributed by atoms with Crippen molar-refractivity contribution in [3.8, 4) is 0 Å². The number of hydrogen-bond donors (Lipinski definition) is 0. The molecule has 0 amide bonds. The third-order valence-electron chi connectivity index (χ3n) is 2.57. The van der Waals surface area contributed by atoms with Gasteiger partial charge in [-0.15, -0.1) is 0 Å². The standard InChI is InChI=1S/C12H12O/c1-3-9-5-4-6-10-8(2)7-11(13)12(9)10/h4-6H,2-3,7H2,1H3. The number of aryl methyl sites for hydroxylation is 1. The zero-order valence-corrected chi connectivity index (χ0v) is 7.76. The van der Waals surface area contributed by atoms with Crippen molar-refractivity contribution >= 4 is 11.4 Å². The van der Waals surface area contributed by atoms with Gasteiger partial charge in [0.1, 0.15) is 0 Å². The van der Waals surface area contributed by atoms with Crippen molar-refractivity contribution < 1.29 is 4.79 Å². The van der Waals surface area contributed by atoms with E-state index in [0.29, 0.717) is 6.42 Å². The van der Waals surface area contributed by atoms with Crippen LogP contribution in [-0.4, -0.2) is 5.78 Å². The van der Waals surface area contributed by atoms with Gasteiger partial charge in [-0.1, -0.05) is 31.7 Å². The van der Waals surface area contributed by atoms with Crippen molar-refractivity contribution in [2.24, 2.45) is 0 Å². The van der Waals surface area contributed by atoms with E-state index in [0.717, 1.165) is 28.7 Å². The molecule has 0 atom stereocenters. The predicted octanol–water partition coefficient (Wildman–Crippen LogP) is 2.85. The summed E-state index contributed by atoms with van der Waals surface area (Å²) < 4.78 is 0. The number of Topliss-reactive ketones (excluding diaryl/α,β-unsaturated/α-hetero) is 1. The van der Waals surface area contributed by atoms with Crippen molar-refractivity contribution in [2.45, 2.75) is 19.8 Å². The van der Waals surface area contributed by atoms with E-state index in [1.807, 2.05) is 18.2 Å². The van der Waals surface area contributed by atoms with Gasteiger partial charge >= 0.3 is 0 Å². The highest BCUT2D eigenvalue weighted by atomic mass is 16.1. The van der Waals surface area contributed by atoms with Crippen molar-refractivity contribution in [3.63, 3.8) is 0 Å². The average Bonchev–Trinajstić information content (AvgIpc) is 2.43. The Hall–Kier alpha value is -1.37. The first kappa shape index (κ1) is 8.24. The van der Waals surface area contributed by atoms with Gasteiger partial charge in [0.25, 0.3) is 0 Å². The Labute approximate surface area is 78.1 Å². The van der Waals surface area contributed by atoms with Gasteiger partial charge in [-0.3, -0.25) is 4.79 Å². The Morgan fingerprint density at radius 2 is 2.23 bits per heavy atom. The molecule has 0 radical (unpaired) electrons. The quantitative estimate of drug-likeness (QED) is 0.636. The number of ketones is 1. The molecule has 0 saturated carbocycles. The SMILES string of the molecule is C=C1CC(=O)c2c(CC)cccc21. The molecule has 1 aromatic carbocycles. The van der Waals surface area contributed by atoms with Gasteiger partial charge in [0.05, 0.1) is 0 Å². The van der Waals surface area contributed by atoms with E-state index >= 15 is 0 Å². The third-order valence-corrected chi connectivity index (χ3v) is 2.57. The van der Waals surface area contributed by atoms with E-state index in [9.17, 15) is 4.79 Å². The van der Waals surface area contributed by atoms with E-state index in [1.165, 1.54) is 0 Å². The van der Waals surface area contributed by atoms with Crippen LogP contribution in [0, 0.1) is 0 Å². The Bertz CT molecular complexity index is 388. The molecule has 1 nitrogen and oxygen atoms in total. The van der Waals surface area contributed by atoms with Gasteiger partial charge in [0, 0.05) is 12.0 Å². The first-order valence-corrected chi connectivity index (χ1v) is 4.57. The molecule has 1 aliphatic carbocycles. The second-order valence-electron chi connectivity index (χ2n) is 3.40. The van der Waals surface area contributed by atoms with Gasteiger partial charge in [-0.05, 0) is 23.1 Å². The minimum absolute atomic E-state index is 0.234. The lowest BCUT2D eigenvalue weighted by atomic mass is 10.0. The van der Waals surface area contributed by atoms with Crippen LogP contribution in [0.3, 0.4) is 0 Å². The Kier molecular flexibility index (Phi) is 1.80. The Morgan fingerprint density at radius 1 is 1.46 bits per heavy atom. The van der Waals surface area contributed by atoms with E-state index in [4.69, 9.17) is 0 Å². The number of fused-ring (bicyclic) bond motifs is 1. The largest absolute Gasteiger partial charge is 0.294 e. The lowest BCUT2D eigenvalue weighted by Gasteiger charge is -2.03. The average molecular weight is 172 g/mol. The summed E-state index contributed by atoms with van der Waals surface area (Å²) >= 11 is 0. The normalized spacial score (nSPS) is 14.8. The molecule has 13 heavy (non-hydrogen) atoms. The van der Waals surface area contributed by atoms with Gasteiger partial charge in [-0.25, -0.2) is 0 Å². The van der Waals surface area contributed by atoms with Crippen LogP contribution in [0.4, 0.5) is 0 Å². The number of benzene rings is 1. The second-order valence-corrected chi connectivity index (χ2v) is 3.40. The maximum Gasteiger partial charge on any atom is 0.168 e. The van der Waals surface area contributed by atoms with Crippen LogP contribution in [0.1, 0.15) is 34.8 Å². The minimum Gasteiger partial charge on any atom is -0.294 e. The summed E-state index contributed by atoms with van der Waals surface area (Å²) in [6, 6.07) is 6.01. The van der Waals surface area contributed by atoms with E-state index < -0.39 is 0 Å². The van der Waals surface area contributed by atoms with E-state index in [-0.39, 0.29) is 5.78 Å². The zero-order valence-electron chi connectivity index (χ0n) is 7.76. The number of carbonyl (C=O) groups excluding carboxylic acids is 1. The minimum atomic E-state index is 0.234. The van der Waals surface area contributed by atoms with Crippen molar-refractivity contribution in [1.29, 1.82) is 0 Å². The molecule has 0 N–H and O–H groups in total. The van der Waals surface area contributed by atoms with Gasteiger partial charge < -0.3 is 0 Å². The van der Waals surface area contributed by atoms with Crippen LogP contribution < -0.4 is 0 Å². The van der Waals surface area contributed by atoms with Crippen molar-refractivity contribution in [3.05, 3.63) is 41.5 Å². The fourth-order valence-electron chi connectivity index (χ4n) is 1.90. The molecule has 1 heteroatoms. The van der Waals surface area contributed by atoms with Crippen molar-refractivity contribution in [2.75, 3.05) is 0 Å². The van der Waals surface area contributed by atoms with Crippen LogP contribution >= 0.6 is 0 Å². The monoisotopic (exact) mass is 172 g/mol. The number of rotatable bonds is 1. The first-order valence-electron chi connectivity index (χ1n) is 4.57. The van der Waals surface area contributed by atoms with Gasteiger partial charge in [0.2, 0.25) is 0 Å². The van der Waals surface area contributed by atoms with Crippen LogP contribution in [0.25, 0.3) is 5.57 Å². The summed E-state index contributed by atoms with van der Waals surface area (Å²) in [5.74, 6) is 0.234. The summed E-state index contributed by atoms with van der Waals surface area (Å²) in [6.07, 6.45) is 1.43. The highest BCUT2D eigenvalue weighted by Crippen LogP contribution is 2.32. The van der Waals surface area contributed by atoms with Crippen molar-refractivity contribution in [1.82, 2.24) is 0 Å². The summed E-state index contributed by atoms with van der Waals surface area (Å²) in [4.78, 5) is 11.6. The van der Waals surface area contributed by atoms with Crippen LogP contribution in [0.15, 0.2) is 24.8 Å². The second kappa shape index (κ2) is 2.84. The third kappa shape index (κ3) is 1.12. The van der Waals surface area contributed by atoms with Crippen LogP contribution in [-0.2, 0) is 6.42 Å². The molecule has 0 unspecified atom stereocenters. The number of hydrogen-bond acceptors (Lipinski definition) is 1. The molecule has 0 heterocycles. The molecule has 2 rings (SSSR count). The molecular formula is C12H12O. The smallest absolute Gasteiger partial charge is 0.168 e. The first-order chi connectivity index (χ1) is 6.24. The van der Waals surface area contributed by atoms with E-state index in [2.05, 4.69) is 13.5 Å². The molecule has 0 saturated heterocycles. The molecule has 0 aliphatic heterocycles. The molecule has 1 aromatic rings. The van der Waals surface area contributed by atoms with Gasteiger partial charge in [-0.2, -0.15) is 0 Å².